The fourth-order valence-corrected chi connectivity index (χ4v) is 4.39. The van der Waals surface area contributed by atoms with E-state index in [0.29, 0.717) is 21.9 Å². The molecule has 37 heavy (non-hydrogen) atoms. The fourth-order valence-electron chi connectivity index (χ4n) is 3.87. The van der Waals surface area contributed by atoms with Gasteiger partial charge in [-0.15, -0.1) is 11.3 Å². The summed E-state index contributed by atoms with van der Waals surface area (Å²) in [5.74, 6) is -1.83. The molecule has 3 N–H and O–H groups in total. The van der Waals surface area contributed by atoms with E-state index in [-0.39, 0.29) is 34.2 Å². The maximum absolute atomic E-state index is 15.0. The van der Waals surface area contributed by atoms with Crippen LogP contribution in [0.3, 0.4) is 0 Å². The molecule has 0 aliphatic heterocycles. The maximum Gasteiger partial charge on any atom is 0.258 e. The van der Waals surface area contributed by atoms with Gasteiger partial charge >= 0.3 is 0 Å². The number of hydrogen-bond donors (Lipinski definition) is 3. The van der Waals surface area contributed by atoms with E-state index in [9.17, 15) is 18.8 Å². The molecule has 3 amide bonds. The van der Waals surface area contributed by atoms with Crippen molar-refractivity contribution >= 4 is 39.9 Å². The van der Waals surface area contributed by atoms with Gasteiger partial charge in [0.25, 0.3) is 17.7 Å². The summed E-state index contributed by atoms with van der Waals surface area (Å²) >= 11 is 1.25. The minimum Gasteiger partial charge on any atom is -0.349 e. The molecule has 0 atom stereocenters. The van der Waals surface area contributed by atoms with Gasteiger partial charge in [-0.3, -0.25) is 19.7 Å². The molecule has 3 aromatic carbocycles. The number of anilines is 2. The average Bonchev–Trinajstić information content (AvgIpc) is 3.57. The number of halogens is 1. The molecule has 7 nitrogen and oxygen atoms in total. The molecule has 1 saturated carbocycles. The Balaban J connectivity index is 1.56. The SMILES string of the molecule is Cc1c(F)cc(C(=O)NC2CC2)cc1-c1ccc(C(=O)Nc2ccccc2)cc1C(=O)Nc1nccs1. The maximum atomic E-state index is 15.0. The first-order valence-electron chi connectivity index (χ1n) is 11.7. The molecule has 1 heterocycles. The number of para-hydroxylation sites is 1. The Morgan fingerprint density at radius 1 is 0.892 bits per heavy atom. The lowest BCUT2D eigenvalue weighted by atomic mass is 9.92. The van der Waals surface area contributed by atoms with Crippen LogP contribution in [-0.2, 0) is 0 Å². The first-order valence-corrected chi connectivity index (χ1v) is 12.6. The van der Waals surface area contributed by atoms with Crippen molar-refractivity contribution in [2.24, 2.45) is 0 Å². The molecule has 0 unspecified atom stereocenters. The van der Waals surface area contributed by atoms with Crippen LogP contribution in [-0.4, -0.2) is 28.7 Å². The van der Waals surface area contributed by atoms with Gasteiger partial charge in [-0.1, -0.05) is 24.3 Å². The second-order valence-corrected chi connectivity index (χ2v) is 9.64. The molecule has 0 saturated heterocycles. The van der Waals surface area contributed by atoms with E-state index in [4.69, 9.17) is 0 Å². The van der Waals surface area contributed by atoms with E-state index in [1.165, 1.54) is 23.5 Å². The summed E-state index contributed by atoms with van der Waals surface area (Å²) in [4.78, 5) is 43.1. The van der Waals surface area contributed by atoms with Gasteiger partial charge in [0.05, 0.1) is 0 Å². The van der Waals surface area contributed by atoms with Crippen LogP contribution in [0.1, 0.15) is 49.5 Å². The first kappa shape index (κ1) is 24.3. The van der Waals surface area contributed by atoms with Crippen LogP contribution in [0.4, 0.5) is 15.2 Å². The van der Waals surface area contributed by atoms with E-state index in [1.807, 2.05) is 6.07 Å². The molecule has 1 aliphatic rings. The molecule has 1 aromatic heterocycles. The molecular formula is C28H23FN4O3S. The Bertz CT molecular complexity index is 1490. The zero-order valence-electron chi connectivity index (χ0n) is 19.9. The van der Waals surface area contributed by atoms with Crippen molar-refractivity contribution in [2.75, 3.05) is 10.6 Å². The van der Waals surface area contributed by atoms with Gasteiger partial charge in [-0.2, -0.15) is 0 Å². The van der Waals surface area contributed by atoms with Crippen molar-refractivity contribution in [2.45, 2.75) is 25.8 Å². The zero-order chi connectivity index (χ0) is 25.9. The summed E-state index contributed by atoms with van der Waals surface area (Å²) in [5, 5.41) is 10.5. The summed E-state index contributed by atoms with van der Waals surface area (Å²) in [6.45, 7) is 1.59. The van der Waals surface area contributed by atoms with Gasteiger partial charge in [0.2, 0.25) is 0 Å². The lowest BCUT2D eigenvalue weighted by Crippen LogP contribution is -2.25. The highest BCUT2D eigenvalue weighted by Crippen LogP contribution is 2.32. The van der Waals surface area contributed by atoms with Crippen molar-refractivity contribution < 1.29 is 18.8 Å². The lowest BCUT2D eigenvalue weighted by Gasteiger charge is -2.16. The summed E-state index contributed by atoms with van der Waals surface area (Å²) in [6, 6.07) is 16.5. The van der Waals surface area contributed by atoms with E-state index < -0.39 is 17.6 Å². The van der Waals surface area contributed by atoms with Crippen molar-refractivity contribution in [3.05, 3.63) is 100 Å². The Kier molecular flexibility index (Phi) is 6.78. The molecule has 0 spiro atoms. The minimum absolute atomic E-state index is 0.113. The normalized spacial score (nSPS) is 12.6. The van der Waals surface area contributed by atoms with Crippen LogP contribution < -0.4 is 16.0 Å². The number of amides is 3. The number of nitrogens with one attached hydrogen (secondary N) is 3. The number of thiazole rings is 1. The van der Waals surface area contributed by atoms with Gasteiger partial charge in [0.15, 0.2) is 5.13 Å². The molecule has 186 valence electrons. The van der Waals surface area contributed by atoms with Gasteiger partial charge in [-0.25, -0.2) is 9.37 Å². The van der Waals surface area contributed by atoms with E-state index >= 15 is 0 Å². The Morgan fingerprint density at radius 2 is 1.68 bits per heavy atom. The standard InChI is InChI=1S/C28H23FN4O3S/c1-16-22(14-18(15-24(16)29)26(35)32-20-8-9-20)21-10-7-17(25(34)31-19-5-3-2-4-6-19)13-23(21)27(36)33-28-30-11-12-37-28/h2-7,10-15,20H,8-9H2,1H3,(H,31,34)(H,32,35)(H,30,33,36). The number of rotatable bonds is 7. The Morgan fingerprint density at radius 3 is 2.38 bits per heavy atom. The van der Waals surface area contributed by atoms with Crippen LogP contribution in [0.5, 0.6) is 0 Å². The second kappa shape index (κ2) is 10.3. The molecule has 1 fully saturated rings. The van der Waals surface area contributed by atoms with E-state index in [0.717, 1.165) is 12.8 Å². The fraction of sp³-hybridized carbons (Fsp3) is 0.143. The smallest absolute Gasteiger partial charge is 0.258 e. The topological polar surface area (TPSA) is 100 Å². The minimum atomic E-state index is -0.560. The number of benzene rings is 3. The molecule has 0 bridgehead atoms. The highest BCUT2D eigenvalue weighted by atomic mass is 32.1. The van der Waals surface area contributed by atoms with Crippen LogP contribution in [0.2, 0.25) is 0 Å². The zero-order valence-corrected chi connectivity index (χ0v) is 20.7. The first-order chi connectivity index (χ1) is 17.9. The van der Waals surface area contributed by atoms with Crippen LogP contribution in [0, 0.1) is 12.7 Å². The summed E-state index contributed by atoms with van der Waals surface area (Å²) < 4.78 is 15.0. The monoisotopic (exact) mass is 514 g/mol. The lowest BCUT2D eigenvalue weighted by molar-refractivity contribution is 0.0949. The summed E-state index contributed by atoms with van der Waals surface area (Å²) in [5.41, 5.74) is 2.24. The third-order valence-electron chi connectivity index (χ3n) is 6.02. The predicted molar refractivity (Wildman–Crippen MR) is 142 cm³/mol. The average molecular weight is 515 g/mol. The van der Waals surface area contributed by atoms with Crippen molar-refractivity contribution in [1.82, 2.24) is 10.3 Å². The van der Waals surface area contributed by atoms with E-state index in [2.05, 4.69) is 20.9 Å². The summed E-state index contributed by atoms with van der Waals surface area (Å²) in [7, 11) is 0. The molecule has 9 heteroatoms. The quantitative estimate of drug-likeness (QED) is 0.297. The number of nitrogens with zero attached hydrogens (tertiary/aromatic N) is 1. The van der Waals surface area contributed by atoms with Gasteiger partial charge in [0.1, 0.15) is 5.82 Å². The highest BCUT2D eigenvalue weighted by Gasteiger charge is 2.25. The van der Waals surface area contributed by atoms with Gasteiger partial charge in [0, 0.05) is 40.0 Å². The van der Waals surface area contributed by atoms with Gasteiger partial charge < -0.3 is 10.6 Å². The van der Waals surface area contributed by atoms with Crippen LogP contribution in [0.15, 0.2) is 72.2 Å². The molecule has 4 aromatic rings. The molecule has 0 radical (unpaired) electrons. The number of aromatic nitrogens is 1. The predicted octanol–water partition coefficient (Wildman–Crippen LogP) is 5.65. The summed E-state index contributed by atoms with van der Waals surface area (Å²) in [6.07, 6.45) is 3.37. The van der Waals surface area contributed by atoms with E-state index in [1.54, 1.807) is 61.0 Å². The third kappa shape index (κ3) is 5.57. The van der Waals surface area contributed by atoms with Crippen molar-refractivity contribution in [1.29, 1.82) is 0 Å². The number of hydrogen-bond acceptors (Lipinski definition) is 5. The van der Waals surface area contributed by atoms with Crippen molar-refractivity contribution in [3.63, 3.8) is 0 Å². The molecular weight excluding hydrogens is 491 g/mol. The van der Waals surface area contributed by atoms with Gasteiger partial charge in [-0.05, 0) is 72.9 Å². The number of carbonyl (C=O) groups is 3. The Hall–Kier alpha value is -4.37. The highest BCUT2D eigenvalue weighted by molar-refractivity contribution is 7.13. The largest absolute Gasteiger partial charge is 0.349 e. The van der Waals surface area contributed by atoms with Crippen LogP contribution >= 0.6 is 11.3 Å². The Labute approximate surface area is 216 Å². The molecule has 1 aliphatic carbocycles. The third-order valence-corrected chi connectivity index (χ3v) is 6.71. The second-order valence-electron chi connectivity index (χ2n) is 8.75. The van der Waals surface area contributed by atoms with Crippen LogP contribution in [0.25, 0.3) is 11.1 Å². The van der Waals surface area contributed by atoms with Crippen molar-refractivity contribution in [3.8, 4) is 11.1 Å². The number of carbonyl (C=O) groups excluding carboxylic acids is 3. The molecule has 5 rings (SSSR count).